The summed E-state index contributed by atoms with van der Waals surface area (Å²) in [5.41, 5.74) is 16.2. The van der Waals surface area contributed by atoms with Crippen LogP contribution in [0.2, 0.25) is 0 Å². The number of nitrogens with one attached hydrogen (secondary N) is 6. The highest BCUT2D eigenvalue weighted by molar-refractivity contribution is 5.96. The highest BCUT2D eigenvalue weighted by Gasteiger charge is 2.37. The lowest BCUT2D eigenvalue weighted by molar-refractivity contribution is -0.131. The van der Waals surface area contributed by atoms with E-state index >= 15 is 0 Å². The Hall–Kier alpha value is -12.3. The van der Waals surface area contributed by atoms with Crippen molar-refractivity contribution in [2.45, 2.75) is 362 Å². The number of rotatable bonds is 23. The molecule has 2 aliphatic heterocycles. The van der Waals surface area contributed by atoms with E-state index in [4.69, 9.17) is 9.47 Å². The van der Waals surface area contributed by atoms with E-state index in [-0.39, 0.29) is 58.2 Å². The molecular weight excluding hydrogens is 1770 g/mol. The number of benzene rings is 1. The number of aryl methyl sites for hydroxylation is 5. The fourth-order valence-corrected chi connectivity index (χ4v) is 20.3. The van der Waals surface area contributed by atoms with E-state index in [1.54, 1.807) is 12.4 Å². The molecule has 2 unspecified atom stereocenters. The Balaban J connectivity index is 0.000000117. The van der Waals surface area contributed by atoms with Crippen LogP contribution in [0.3, 0.4) is 0 Å². The fraction of sp³-hybridized carbons (Fsp3) is 0.560. The first-order valence-corrected chi connectivity index (χ1v) is 52.0. The van der Waals surface area contributed by atoms with Gasteiger partial charge in [-0.15, -0.1) is 0 Å². The first-order valence-electron chi connectivity index (χ1n) is 52.0. The van der Waals surface area contributed by atoms with Crippen molar-refractivity contribution in [2.75, 3.05) is 38.5 Å². The second kappa shape index (κ2) is 44.0. The quantitative estimate of drug-likeness (QED) is 0.0346. The van der Waals surface area contributed by atoms with Gasteiger partial charge in [-0.2, -0.15) is 0 Å². The zero-order chi connectivity index (χ0) is 99.0. The van der Waals surface area contributed by atoms with Crippen LogP contribution in [0, 0.1) is 57.8 Å². The standard InChI is InChI=1S/2C20H28N4O2.C19H20N4O.C18H24N4O.2C16H22N4O/c1-13-9-10-16-18(21-13)24(14-6-4-7-14)19(22-16)23-17(25)12-15-8-5-11-20(2,3)26-15;1-13-7-8-16-18(21-13)24(15-5-4-6-15)19(22-16)23-17(25)11-14-9-10-26-20(2,3)12-14;1-13-7-9-14(10-8-13)12-17(24)22-19-21-16-6-3-11-20-18(16)23(19)15-4-2-5-15;1-12-9-10-15-17(19-12)22(14-7-4-8-14)18(20-15)21-16(23)11-13-5-2-3-6-13;1-16(2,3)10-13(21)19-15-18-12-8-5-9-17-14(12)20(15)11-6-4-7-11;1-10(2)9-14(21)19-16-18-13-8-7-11(3)17-15(13)20(16)12-5-4-6-12/h9-10,14-15H,4-8,11-12H2,1-3H3,(H,22,23,25);7-8,14-15H,4-6,9-12H2,1-3H3,(H,22,23,25);3,6-11,15H,2,4-5,12H2,1H3,(H,21,22,24);9-10,13-14H,2-8,11H2,1H3,(H,20,21,23);5,8-9,11H,4,6-7,10H2,1-3H3,(H,18,19,21);7-8,10,12H,4-6,9H2,1-3H3,(H,18,19,21). The van der Waals surface area contributed by atoms with Crippen LogP contribution >= 0.6 is 0 Å². The smallest absolute Gasteiger partial charge is 0.231 e. The van der Waals surface area contributed by atoms with Gasteiger partial charge in [0.2, 0.25) is 71.1 Å². The molecule has 2 saturated heterocycles. The maximum absolute atomic E-state index is 12.7. The normalized spacial score (nSPS) is 18.7. The fourth-order valence-electron chi connectivity index (χ4n) is 20.3. The van der Waals surface area contributed by atoms with Crippen LogP contribution in [0.15, 0.2) is 109 Å². The third-order valence-electron chi connectivity index (χ3n) is 28.9. The zero-order valence-corrected chi connectivity index (χ0v) is 85.0. The molecule has 13 aromatic rings. The average Bonchev–Trinajstić information content (AvgIpc) is 1.63. The van der Waals surface area contributed by atoms with Gasteiger partial charge < -0.3 is 9.47 Å². The molecule has 32 heteroatoms. The maximum atomic E-state index is 12.7. The minimum absolute atomic E-state index is 0.0124. The van der Waals surface area contributed by atoms with Crippen molar-refractivity contribution in [3.8, 4) is 0 Å². The molecule has 2 atom stereocenters. The molecule has 748 valence electrons. The molecule has 0 radical (unpaired) electrons. The number of nitrogens with zero attached hydrogens (tertiary/aromatic N) is 18. The Labute approximate surface area is 826 Å². The van der Waals surface area contributed by atoms with Crippen molar-refractivity contribution in [3.63, 3.8) is 0 Å². The average molecular weight is 1920 g/mol. The summed E-state index contributed by atoms with van der Waals surface area (Å²) in [6.45, 7) is 29.4. The van der Waals surface area contributed by atoms with Gasteiger partial charge in [0.05, 0.1) is 30.1 Å². The third-order valence-corrected chi connectivity index (χ3v) is 28.9. The van der Waals surface area contributed by atoms with Crippen LogP contribution in [-0.2, 0) is 44.7 Å². The third kappa shape index (κ3) is 25.1. The van der Waals surface area contributed by atoms with E-state index in [9.17, 15) is 28.8 Å². The summed E-state index contributed by atoms with van der Waals surface area (Å²) < 4.78 is 24.5. The van der Waals surface area contributed by atoms with E-state index in [0.29, 0.717) is 128 Å². The van der Waals surface area contributed by atoms with Gasteiger partial charge in [-0.05, 0) is 324 Å². The summed E-state index contributed by atoms with van der Waals surface area (Å²) in [7, 11) is 0. The monoisotopic (exact) mass is 1920 g/mol. The van der Waals surface area contributed by atoms with Gasteiger partial charge in [0.15, 0.2) is 33.9 Å². The second-order valence-electron chi connectivity index (χ2n) is 43.6. The lowest BCUT2D eigenvalue weighted by atomic mass is 9.86. The molecule has 0 spiro atoms. The Bertz CT molecular complexity index is 6480. The number of imidazole rings is 6. The highest BCUT2D eigenvalue weighted by atomic mass is 16.5. The summed E-state index contributed by atoms with van der Waals surface area (Å²) in [6, 6.07) is 33.9. The molecular formula is C109H144N24O8. The molecule has 14 heterocycles. The first-order chi connectivity index (χ1) is 67.7. The Morgan fingerprint density at radius 2 is 0.702 bits per heavy atom. The number of carbonyl (C=O) groups is 6. The van der Waals surface area contributed by atoms with E-state index in [1.807, 2.05) is 146 Å². The highest BCUT2D eigenvalue weighted by Crippen LogP contribution is 2.45. The van der Waals surface area contributed by atoms with E-state index in [1.165, 1.54) is 69.8 Å². The lowest BCUT2D eigenvalue weighted by Crippen LogP contribution is -2.37. The molecule has 7 saturated carbocycles. The van der Waals surface area contributed by atoms with Crippen molar-refractivity contribution < 1.29 is 38.2 Å². The molecule has 9 aliphatic rings. The summed E-state index contributed by atoms with van der Waals surface area (Å²) in [5, 5.41) is 18.1. The number of aromatic nitrogens is 18. The van der Waals surface area contributed by atoms with Crippen molar-refractivity contribution in [2.24, 2.45) is 23.2 Å². The van der Waals surface area contributed by atoms with Crippen molar-refractivity contribution in [3.05, 3.63) is 143 Å². The number of amides is 6. The lowest BCUT2D eigenvalue weighted by Gasteiger charge is -2.35. The molecule has 32 nitrogen and oxygen atoms in total. The molecule has 12 aromatic heterocycles. The molecule has 141 heavy (non-hydrogen) atoms. The summed E-state index contributed by atoms with van der Waals surface area (Å²) >= 11 is 0. The first kappa shape index (κ1) is 100. The van der Waals surface area contributed by atoms with Crippen molar-refractivity contribution in [1.29, 1.82) is 0 Å². The number of pyridine rings is 6. The molecule has 0 bridgehead atoms. The summed E-state index contributed by atoms with van der Waals surface area (Å²) in [6.07, 6.45) is 37.1. The molecule has 6 N–H and O–H groups in total. The van der Waals surface area contributed by atoms with Crippen LogP contribution < -0.4 is 31.9 Å². The Morgan fingerprint density at radius 3 is 1.05 bits per heavy atom. The topological polar surface area (TPSA) is 377 Å². The molecule has 7 aliphatic carbocycles. The summed E-state index contributed by atoms with van der Waals surface area (Å²) in [5.74, 6) is 5.24. The number of anilines is 6. The van der Waals surface area contributed by atoms with Crippen LogP contribution in [0.4, 0.5) is 35.7 Å². The van der Waals surface area contributed by atoms with Gasteiger partial charge in [0, 0.05) is 104 Å². The summed E-state index contributed by atoms with van der Waals surface area (Å²) in [4.78, 5) is 130. The predicted octanol–water partition coefficient (Wildman–Crippen LogP) is 22.7. The largest absolute Gasteiger partial charge is 0.376 e. The van der Waals surface area contributed by atoms with Crippen molar-refractivity contribution in [1.82, 2.24) is 87.2 Å². The SMILES string of the molecule is CC(C)(C)CC(=O)Nc1nc2cccnc2n1C1CCC1.Cc1ccc(CC(=O)Nc2nc3cccnc3n2C2CCC2)cc1.Cc1ccc2nc(NC(=O)CC(C)C)n(C3CCC3)c2n1.Cc1ccc2nc(NC(=O)CC3CCCC(C)(C)O3)n(C3CCC3)c2n1.Cc1ccc2nc(NC(=O)CC3CCCC3)n(C3CCC3)c2n1.Cc1ccc2nc(NC(=O)CC3CCOC(C)(C)C3)n(C3CCC3)c2n1. The zero-order valence-electron chi connectivity index (χ0n) is 85.0. The van der Waals surface area contributed by atoms with E-state index in [0.717, 1.165) is 211 Å². The van der Waals surface area contributed by atoms with Crippen LogP contribution in [0.1, 0.15) is 338 Å². The van der Waals surface area contributed by atoms with Gasteiger partial charge in [0.25, 0.3) is 0 Å². The van der Waals surface area contributed by atoms with E-state index < -0.39 is 0 Å². The van der Waals surface area contributed by atoms with Crippen LogP contribution in [-0.4, -0.2) is 147 Å². The van der Waals surface area contributed by atoms with E-state index in [2.05, 4.69) is 168 Å². The minimum Gasteiger partial charge on any atom is -0.376 e. The van der Waals surface area contributed by atoms with Gasteiger partial charge in [-0.1, -0.05) is 77.3 Å². The molecule has 22 rings (SSSR count). The maximum Gasteiger partial charge on any atom is 0.231 e. The van der Waals surface area contributed by atoms with Gasteiger partial charge in [-0.25, -0.2) is 59.8 Å². The van der Waals surface area contributed by atoms with Gasteiger partial charge >= 0.3 is 0 Å². The number of hydrogen-bond donors (Lipinski definition) is 6. The number of carbonyl (C=O) groups excluding carboxylic acids is 6. The van der Waals surface area contributed by atoms with Crippen LogP contribution in [0.25, 0.3) is 67.0 Å². The van der Waals surface area contributed by atoms with Gasteiger partial charge in [-0.3, -0.25) is 88.1 Å². The molecule has 1 aromatic carbocycles. The Kier molecular flexibility index (Phi) is 31.3. The van der Waals surface area contributed by atoms with Crippen LogP contribution in [0.5, 0.6) is 0 Å². The number of hydrogen-bond acceptors (Lipinski definition) is 20. The molecule has 6 amide bonds. The Morgan fingerprint density at radius 1 is 0.362 bits per heavy atom. The molecule has 9 fully saturated rings. The number of fused-ring (bicyclic) bond motifs is 6. The van der Waals surface area contributed by atoms with Crippen molar-refractivity contribution >= 4 is 138 Å². The second-order valence-corrected chi connectivity index (χ2v) is 43.6. The minimum atomic E-state index is -0.135. The van der Waals surface area contributed by atoms with Gasteiger partial charge in [0.1, 0.15) is 33.1 Å². The number of ether oxygens (including phenoxy) is 2. The predicted molar refractivity (Wildman–Crippen MR) is 553 cm³/mol.